The maximum absolute atomic E-state index is 4.63. The predicted molar refractivity (Wildman–Crippen MR) is 182 cm³/mol. The molecule has 2 aliphatic rings. The second kappa shape index (κ2) is 13.9. The molecule has 0 aromatic heterocycles. The molecule has 228 valence electrons. The number of aryl methyl sites for hydroxylation is 4. The van der Waals surface area contributed by atoms with E-state index in [1.165, 1.54) is 44.6 Å². The molecule has 0 radical (unpaired) electrons. The van der Waals surface area contributed by atoms with Gasteiger partial charge in [-0.3, -0.25) is 15.5 Å². The summed E-state index contributed by atoms with van der Waals surface area (Å²) in [6.45, 7) is 19.3. The summed E-state index contributed by atoms with van der Waals surface area (Å²) in [6, 6.07) is 24.5. The van der Waals surface area contributed by atoms with Crippen molar-refractivity contribution in [3.63, 3.8) is 0 Å². The van der Waals surface area contributed by atoms with Crippen LogP contribution in [0.2, 0.25) is 0 Å². The van der Waals surface area contributed by atoms with Gasteiger partial charge in [-0.1, -0.05) is 86.8 Å². The number of hydrogen-bond acceptors (Lipinski definition) is 5. The Morgan fingerprint density at radius 1 is 0.814 bits per heavy atom. The van der Waals surface area contributed by atoms with Crippen LogP contribution >= 0.6 is 0 Å². The molecule has 2 heterocycles. The zero-order chi connectivity index (χ0) is 30.4. The second-order valence-corrected chi connectivity index (χ2v) is 12.2. The molecule has 5 rings (SSSR count). The number of benzene rings is 3. The Morgan fingerprint density at radius 2 is 1.53 bits per heavy atom. The maximum atomic E-state index is 4.63. The summed E-state index contributed by atoms with van der Waals surface area (Å²) in [6.07, 6.45) is 5.13. The lowest BCUT2D eigenvalue weighted by molar-refractivity contribution is 0.0235. The van der Waals surface area contributed by atoms with Gasteiger partial charge in [-0.25, -0.2) is 0 Å². The number of rotatable bonds is 13. The fourth-order valence-corrected chi connectivity index (χ4v) is 6.95. The molecule has 2 N–H and O–H groups in total. The molecule has 0 unspecified atom stereocenters. The first-order valence-electron chi connectivity index (χ1n) is 16.1. The molecular formula is C38H51N5. The van der Waals surface area contributed by atoms with Gasteiger partial charge < -0.3 is 9.80 Å². The topological polar surface area (TPSA) is 33.8 Å². The van der Waals surface area contributed by atoms with Gasteiger partial charge in [0.2, 0.25) is 0 Å². The molecule has 5 nitrogen and oxygen atoms in total. The van der Waals surface area contributed by atoms with Crippen molar-refractivity contribution in [2.45, 2.75) is 64.8 Å². The smallest absolute Gasteiger partial charge is 0.126 e. The SMILES string of the molecule is C=C(CCc1ccccc1)N1CCN(C(=C)c2cccc3c2CN(C(CCc2ccc(C)c(CC)c2)(NC)NC)C3)CC1. The molecule has 43 heavy (non-hydrogen) atoms. The van der Waals surface area contributed by atoms with Crippen molar-refractivity contribution in [1.82, 2.24) is 25.3 Å². The van der Waals surface area contributed by atoms with Crippen LogP contribution in [0.15, 0.2) is 85.6 Å². The van der Waals surface area contributed by atoms with Gasteiger partial charge in [0, 0.05) is 56.2 Å². The van der Waals surface area contributed by atoms with Gasteiger partial charge in [-0.05, 0) is 86.5 Å². The molecular weight excluding hydrogens is 526 g/mol. The van der Waals surface area contributed by atoms with Crippen LogP contribution in [-0.4, -0.2) is 60.8 Å². The molecule has 0 amide bonds. The summed E-state index contributed by atoms with van der Waals surface area (Å²) in [7, 11) is 4.16. The van der Waals surface area contributed by atoms with Crippen LogP contribution in [0, 0.1) is 6.92 Å². The van der Waals surface area contributed by atoms with E-state index < -0.39 is 0 Å². The first-order valence-corrected chi connectivity index (χ1v) is 16.1. The van der Waals surface area contributed by atoms with Crippen molar-refractivity contribution >= 4 is 5.70 Å². The fourth-order valence-electron chi connectivity index (χ4n) is 6.95. The first kappa shape index (κ1) is 31.1. The number of nitrogens with zero attached hydrogens (tertiary/aromatic N) is 3. The highest BCUT2D eigenvalue weighted by atomic mass is 15.4. The average Bonchev–Trinajstić information content (AvgIpc) is 3.50. The molecule has 0 spiro atoms. The molecule has 0 saturated carbocycles. The minimum atomic E-state index is -0.291. The Morgan fingerprint density at radius 3 is 2.23 bits per heavy atom. The molecule has 1 fully saturated rings. The summed E-state index contributed by atoms with van der Waals surface area (Å²) >= 11 is 0. The van der Waals surface area contributed by atoms with Crippen molar-refractivity contribution < 1.29 is 0 Å². The molecule has 3 aromatic rings. The van der Waals surface area contributed by atoms with E-state index in [-0.39, 0.29) is 5.79 Å². The lowest BCUT2D eigenvalue weighted by atomic mass is 9.98. The highest BCUT2D eigenvalue weighted by molar-refractivity contribution is 5.67. The number of hydrogen-bond donors (Lipinski definition) is 2. The van der Waals surface area contributed by atoms with Gasteiger partial charge in [-0.15, -0.1) is 0 Å². The Bertz CT molecular complexity index is 1400. The summed E-state index contributed by atoms with van der Waals surface area (Å²) in [5.41, 5.74) is 12.1. The van der Waals surface area contributed by atoms with Crippen LogP contribution in [0.25, 0.3) is 5.70 Å². The summed E-state index contributed by atoms with van der Waals surface area (Å²) in [4.78, 5) is 7.51. The Kier molecular flexibility index (Phi) is 10.1. The van der Waals surface area contributed by atoms with Crippen molar-refractivity contribution in [1.29, 1.82) is 0 Å². The van der Waals surface area contributed by atoms with Crippen LogP contribution in [0.5, 0.6) is 0 Å². The van der Waals surface area contributed by atoms with E-state index in [4.69, 9.17) is 0 Å². The predicted octanol–water partition coefficient (Wildman–Crippen LogP) is 6.33. The van der Waals surface area contributed by atoms with E-state index in [0.29, 0.717) is 0 Å². The van der Waals surface area contributed by atoms with Crippen molar-refractivity contribution in [3.8, 4) is 0 Å². The van der Waals surface area contributed by atoms with Crippen molar-refractivity contribution in [2.24, 2.45) is 0 Å². The summed E-state index contributed by atoms with van der Waals surface area (Å²) in [5.74, 6) is -0.291. The van der Waals surface area contributed by atoms with E-state index in [1.807, 2.05) is 0 Å². The average molecular weight is 578 g/mol. The van der Waals surface area contributed by atoms with Gasteiger partial charge in [0.05, 0.1) is 0 Å². The van der Waals surface area contributed by atoms with Crippen LogP contribution in [0.3, 0.4) is 0 Å². The lowest BCUT2D eigenvalue weighted by Gasteiger charge is -2.42. The molecule has 1 saturated heterocycles. The first-order chi connectivity index (χ1) is 20.9. The maximum Gasteiger partial charge on any atom is 0.126 e. The molecule has 5 heteroatoms. The van der Waals surface area contributed by atoms with E-state index in [1.54, 1.807) is 0 Å². The number of piperazine rings is 1. The second-order valence-electron chi connectivity index (χ2n) is 12.2. The van der Waals surface area contributed by atoms with E-state index in [9.17, 15) is 0 Å². The third-order valence-corrected chi connectivity index (χ3v) is 9.88. The van der Waals surface area contributed by atoms with E-state index in [0.717, 1.165) is 77.1 Å². The molecule has 2 aliphatic heterocycles. The van der Waals surface area contributed by atoms with Gasteiger partial charge >= 0.3 is 0 Å². The normalized spacial score (nSPS) is 15.5. The fraction of sp³-hybridized carbons (Fsp3) is 0.421. The molecule has 0 atom stereocenters. The van der Waals surface area contributed by atoms with Gasteiger partial charge in [0.25, 0.3) is 0 Å². The lowest BCUT2D eigenvalue weighted by Crippen LogP contribution is -2.64. The molecule has 0 aliphatic carbocycles. The summed E-state index contributed by atoms with van der Waals surface area (Å²) < 4.78 is 0. The summed E-state index contributed by atoms with van der Waals surface area (Å²) in [5, 5.41) is 7.34. The minimum Gasteiger partial charge on any atom is -0.372 e. The van der Waals surface area contributed by atoms with Crippen molar-refractivity contribution in [2.75, 3.05) is 40.3 Å². The van der Waals surface area contributed by atoms with Gasteiger partial charge in [-0.2, -0.15) is 0 Å². The van der Waals surface area contributed by atoms with Crippen LogP contribution in [0.1, 0.15) is 58.7 Å². The number of allylic oxidation sites excluding steroid dienone is 1. The van der Waals surface area contributed by atoms with Crippen LogP contribution in [-0.2, 0) is 32.4 Å². The van der Waals surface area contributed by atoms with Gasteiger partial charge in [0.15, 0.2) is 0 Å². The van der Waals surface area contributed by atoms with Crippen LogP contribution < -0.4 is 10.6 Å². The minimum absolute atomic E-state index is 0.291. The highest BCUT2D eigenvalue weighted by Crippen LogP contribution is 2.35. The van der Waals surface area contributed by atoms with E-state index >= 15 is 0 Å². The monoisotopic (exact) mass is 577 g/mol. The Balaban J connectivity index is 1.21. The molecule has 3 aromatic carbocycles. The Labute approximate surface area is 260 Å². The number of fused-ring (bicyclic) bond motifs is 1. The zero-order valence-electron chi connectivity index (χ0n) is 26.9. The zero-order valence-corrected chi connectivity index (χ0v) is 26.9. The third kappa shape index (κ3) is 6.90. The van der Waals surface area contributed by atoms with Gasteiger partial charge in [0.1, 0.15) is 5.79 Å². The molecule has 0 bridgehead atoms. The van der Waals surface area contributed by atoms with E-state index in [2.05, 4.69) is 133 Å². The van der Waals surface area contributed by atoms with Crippen LogP contribution in [0.4, 0.5) is 0 Å². The quantitative estimate of drug-likeness (QED) is 0.232. The van der Waals surface area contributed by atoms with Crippen molar-refractivity contribution in [3.05, 3.63) is 125 Å². The Hall–Kier alpha value is -3.38. The number of nitrogens with one attached hydrogen (secondary N) is 2. The standard InChI is InChI=1S/C38H51N5/c1-7-34-26-33(18-16-29(34)2)20-21-38(39-5,40-6)43-27-35-14-11-15-36(37(35)28-43)31(4)42-24-22-41(23-25-42)30(3)17-19-32-12-9-8-10-13-32/h8-16,18,26,39-40H,3-4,7,17,19-25,27-28H2,1-2,5-6H3. The highest BCUT2D eigenvalue weighted by Gasteiger charge is 2.38. The third-order valence-electron chi connectivity index (χ3n) is 9.88. The largest absolute Gasteiger partial charge is 0.372 e.